The van der Waals surface area contributed by atoms with E-state index < -0.39 is 0 Å². The number of nitrogens with zero attached hydrogens (tertiary/aromatic N) is 2. The summed E-state index contributed by atoms with van der Waals surface area (Å²) in [7, 11) is 0. The molecule has 0 radical (unpaired) electrons. The topological polar surface area (TPSA) is 32.5 Å². The first-order chi connectivity index (χ1) is 10.2. The van der Waals surface area contributed by atoms with Gasteiger partial charge in [-0.3, -0.25) is 4.90 Å². The van der Waals surface area contributed by atoms with Gasteiger partial charge in [-0.1, -0.05) is 18.6 Å². The van der Waals surface area contributed by atoms with Crippen molar-refractivity contribution in [1.29, 1.82) is 0 Å². The SMILES string of the molecule is Cc1cccc(N2CCN(C(CN)C3CCC3)CC2)c1C. The quantitative estimate of drug-likeness (QED) is 0.924. The second-order valence-electron chi connectivity index (χ2n) is 6.74. The van der Waals surface area contributed by atoms with Crippen LogP contribution in [-0.4, -0.2) is 43.7 Å². The molecule has 3 heteroatoms. The lowest BCUT2D eigenvalue weighted by Crippen LogP contribution is -2.55. The zero-order chi connectivity index (χ0) is 14.8. The fourth-order valence-electron chi connectivity index (χ4n) is 3.84. The lowest BCUT2D eigenvalue weighted by atomic mass is 9.79. The number of rotatable bonds is 4. The Balaban J connectivity index is 1.63. The van der Waals surface area contributed by atoms with Gasteiger partial charge < -0.3 is 10.6 Å². The number of hydrogen-bond acceptors (Lipinski definition) is 3. The number of hydrogen-bond donors (Lipinski definition) is 1. The van der Waals surface area contributed by atoms with Gasteiger partial charge in [0.15, 0.2) is 0 Å². The minimum atomic E-state index is 0.625. The predicted octanol–water partition coefficient (Wildman–Crippen LogP) is 2.55. The zero-order valence-corrected chi connectivity index (χ0v) is 13.5. The van der Waals surface area contributed by atoms with E-state index in [-0.39, 0.29) is 0 Å². The maximum atomic E-state index is 6.05. The van der Waals surface area contributed by atoms with E-state index in [0.29, 0.717) is 6.04 Å². The molecule has 0 spiro atoms. The molecule has 2 N–H and O–H groups in total. The first-order valence-electron chi connectivity index (χ1n) is 8.46. The molecule has 0 amide bonds. The number of nitrogens with two attached hydrogens (primary N) is 1. The number of anilines is 1. The van der Waals surface area contributed by atoms with Crippen LogP contribution in [0.3, 0.4) is 0 Å². The Morgan fingerprint density at radius 1 is 1.14 bits per heavy atom. The van der Waals surface area contributed by atoms with Crippen LogP contribution in [0.1, 0.15) is 30.4 Å². The molecule has 1 aromatic rings. The van der Waals surface area contributed by atoms with Crippen molar-refractivity contribution in [1.82, 2.24) is 4.90 Å². The largest absolute Gasteiger partial charge is 0.369 e. The smallest absolute Gasteiger partial charge is 0.0399 e. The van der Waals surface area contributed by atoms with Crippen molar-refractivity contribution in [2.75, 3.05) is 37.6 Å². The van der Waals surface area contributed by atoms with Gasteiger partial charge in [0.2, 0.25) is 0 Å². The normalized spacial score (nSPS) is 22.1. The molecule has 1 saturated heterocycles. The van der Waals surface area contributed by atoms with Gasteiger partial charge in [0.1, 0.15) is 0 Å². The van der Waals surface area contributed by atoms with Crippen LogP contribution in [-0.2, 0) is 0 Å². The fraction of sp³-hybridized carbons (Fsp3) is 0.667. The van der Waals surface area contributed by atoms with Gasteiger partial charge in [0.05, 0.1) is 0 Å². The van der Waals surface area contributed by atoms with Crippen LogP contribution in [0.2, 0.25) is 0 Å². The Hall–Kier alpha value is -1.06. The summed E-state index contributed by atoms with van der Waals surface area (Å²) >= 11 is 0. The standard InChI is InChI=1S/C18H29N3/c1-14-5-3-8-17(15(14)2)20-9-11-21(12-10-20)18(13-19)16-6-4-7-16/h3,5,8,16,18H,4,6-7,9-13,19H2,1-2H3. The predicted molar refractivity (Wildman–Crippen MR) is 89.9 cm³/mol. The molecule has 1 saturated carbocycles. The summed E-state index contributed by atoms with van der Waals surface area (Å²) in [5, 5.41) is 0. The first kappa shape index (κ1) is 14.9. The third kappa shape index (κ3) is 2.95. The Labute approximate surface area is 129 Å². The van der Waals surface area contributed by atoms with E-state index in [9.17, 15) is 0 Å². The fourth-order valence-corrected chi connectivity index (χ4v) is 3.84. The molecule has 0 bridgehead atoms. The van der Waals surface area contributed by atoms with Crippen LogP contribution < -0.4 is 10.6 Å². The molecule has 1 atom stereocenters. The van der Waals surface area contributed by atoms with E-state index in [2.05, 4.69) is 41.8 Å². The molecular formula is C18H29N3. The first-order valence-corrected chi connectivity index (χ1v) is 8.46. The lowest BCUT2D eigenvalue weighted by molar-refractivity contribution is 0.0951. The third-order valence-corrected chi connectivity index (χ3v) is 5.64. The minimum absolute atomic E-state index is 0.625. The van der Waals surface area contributed by atoms with Crippen molar-refractivity contribution in [2.24, 2.45) is 11.7 Å². The van der Waals surface area contributed by atoms with Crippen molar-refractivity contribution >= 4 is 5.69 Å². The molecule has 0 aromatic heterocycles. The van der Waals surface area contributed by atoms with E-state index in [1.807, 2.05) is 0 Å². The van der Waals surface area contributed by atoms with Crippen LogP contribution >= 0.6 is 0 Å². The summed E-state index contributed by atoms with van der Waals surface area (Å²) in [5.74, 6) is 0.863. The molecule has 3 rings (SSSR count). The Kier molecular flexibility index (Phi) is 4.51. The van der Waals surface area contributed by atoms with Gasteiger partial charge in [-0.25, -0.2) is 0 Å². The Morgan fingerprint density at radius 2 is 1.86 bits per heavy atom. The van der Waals surface area contributed by atoms with Gasteiger partial charge in [0.25, 0.3) is 0 Å². The average molecular weight is 287 g/mol. The van der Waals surface area contributed by atoms with E-state index in [1.54, 1.807) is 0 Å². The molecule has 3 nitrogen and oxygen atoms in total. The van der Waals surface area contributed by atoms with Gasteiger partial charge in [0, 0.05) is 44.5 Å². The van der Waals surface area contributed by atoms with Crippen LogP contribution in [0.5, 0.6) is 0 Å². The van der Waals surface area contributed by atoms with E-state index in [4.69, 9.17) is 5.73 Å². The second kappa shape index (κ2) is 6.37. The zero-order valence-electron chi connectivity index (χ0n) is 13.5. The molecule has 1 aliphatic heterocycles. The van der Waals surface area contributed by atoms with Crippen LogP contribution in [0, 0.1) is 19.8 Å². The lowest BCUT2D eigenvalue weighted by Gasteiger charge is -2.45. The monoisotopic (exact) mass is 287 g/mol. The molecule has 1 heterocycles. The highest BCUT2D eigenvalue weighted by atomic mass is 15.3. The van der Waals surface area contributed by atoms with Crippen LogP contribution in [0.15, 0.2) is 18.2 Å². The molecule has 21 heavy (non-hydrogen) atoms. The summed E-state index contributed by atoms with van der Waals surface area (Å²) in [5.41, 5.74) is 10.3. The van der Waals surface area contributed by atoms with E-state index in [1.165, 1.54) is 36.1 Å². The summed E-state index contributed by atoms with van der Waals surface area (Å²) in [6, 6.07) is 7.28. The van der Waals surface area contributed by atoms with Crippen molar-refractivity contribution < 1.29 is 0 Å². The molecule has 1 aliphatic carbocycles. The third-order valence-electron chi connectivity index (χ3n) is 5.64. The number of benzene rings is 1. The summed E-state index contributed by atoms with van der Waals surface area (Å²) < 4.78 is 0. The molecular weight excluding hydrogens is 258 g/mol. The minimum Gasteiger partial charge on any atom is -0.369 e. The second-order valence-corrected chi connectivity index (χ2v) is 6.74. The summed E-state index contributed by atoms with van der Waals surface area (Å²) in [4.78, 5) is 5.19. The highest BCUT2D eigenvalue weighted by molar-refractivity contribution is 5.56. The van der Waals surface area contributed by atoms with Crippen molar-refractivity contribution in [3.8, 4) is 0 Å². The maximum absolute atomic E-state index is 6.05. The molecule has 2 fully saturated rings. The number of piperazine rings is 1. The van der Waals surface area contributed by atoms with Gasteiger partial charge >= 0.3 is 0 Å². The van der Waals surface area contributed by atoms with Gasteiger partial charge in [-0.05, 0) is 49.8 Å². The summed E-state index contributed by atoms with van der Waals surface area (Å²) in [6.45, 7) is 9.86. The van der Waals surface area contributed by atoms with Crippen LogP contribution in [0.25, 0.3) is 0 Å². The molecule has 2 aliphatic rings. The molecule has 1 unspecified atom stereocenters. The average Bonchev–Trinajstić information content (AvgIpc) is 2.46. The van der Waals surface area contributed by atoms with Gasteiger partial charge in [-0.15, -0.1) is 0 Å². The Bertz CT molecular complexity index is 473. The molecule has 1 aromatic carbocycles. The number of aryl methyl sites for hydroxylation is 1. The Morgan fingerprint density at radius 3 is 2.43 bits per heavy atom. The highest BCUT2D eigenvalue weighted by Gasteiger charge is 2.32. The van der Waals surface area contributed by atoms with Crippen LogP contribution in [0.4, 0.5) is 5.69 Å². The van der Waals surface area contributed by atoms with Crippen molar-refractivity contribution in [2.45, 2.75) is 39.2 Å². The van der Waals surface area contributed by atoms with Crippen molar-refractivity contribution in [3.63, 3.8) is 0 Å². The van der Waals surface area contributed by atoms with Crippen molar-refractivity contribution in [3.05, 3.63) is 29.3 Å². The summed E-state index contributed by atoms with van der Waals surface area (Å²) in [6.07, 6.45) is 4.18. The van der Waals surface area contributed by atoms with Gasteiger partial charge in [-0.2, -0.15) is 0 Å². The van der Waals surface area contributed by atoms with E-state index in [0.717, 1.165) is 38.6 Å². The highest BCUT2D eigenvalue weighted by Crippen LogP contribution is 2.33. The maximum Gasteiger partial charge on any atom is 0.0399 e. The molecule has 116 valence electrons. The van der Waals surface area contributed by atoms with E-state index >= 15 is 0 Å².